The number of hydrogen-bond donors (Lipinski definition) is 1. The maximum atomic E-state index is 5.96. The number of hydrogen-bond acceptors (Lipinski definition) is 3. The molecule has 0 bridgehead atoms. The molecule has 2 heterocycles. The van der Waals surface area contributed by atoms with E-state index >= 15 is 0 Å². The lowest BCUT2D eigenvalue weighted by Gasteiger charge is -2.29. The third kappa shape index (κ3) is 3.54. The Morgan fingerprint density at radius 2 is 1.83 bits per heavy atom. The van der Waals surface area contributed by atoms with Crippen LogP contribution in [0.5, 0.6) is 5.75 Å². The lowest BCUT2D eigenvalue weighted by molar-refractivity contribution is 0.306. The zero-order valence-corrected chi connectivity index (χ0v) is 17.6. The fourth-order valence-corrected chi connectivity index (χ4v) is 4.17. The van der Waals surface area contributed by atoms with Crippen LogP contribution in [0.1, 0.15) is 23.0 Å². The Morgan fingerprint density at radius 1 is 1.00 bits per heavy atom. The molecule has 5 heteroatoms. The van der Waals surface area contributed by atoms with Crippen LogP contribution in [-0.4, -0.2) is 9.78 Å². The summed E-state index contributed by atoms with van der Waals surface area (Å²) in [6.07, 6.45) is -0.0484. The van der Waals surface area contributed by atoms with Crippen LogP contribution in [0.4, 0.5) is 5.69 Å². The highest BCUT2D eigenvalue weighted by molar-refractivity contribution is 9.10. The molecule has 1 aliphatic heterocycles. The first-order valence-electron chi connectivity index (χ1n) is 9.57. The van der Waals surface area contributed by atoms with E-state index in [1.165, 1.54) is 5.56 Å². The van der Waals surface area contributed by atoms with Gasteiger partial charge in [-0.3, -0.25) is 0 Å². The zero-order valence-electron chi connectivity index (χ0n) is 16.0. The Labute approximate surface area is 178 Å². The molecule has 0 radical (unpaired) electrons. The van der Waals surface area contributed by atoms with Gasteiger partial charge in [0.15, 0.2) is 0 Å². The number of halogens is 1. The van der Waals surface area contributed by atoms with Crippen LogP contribution in [0.25, 0.3) is 11.3 Å². The number of anilines is 1. The van der Waals surface area contributed by atoms with Gasteiger partial charge in [-0.1, -0.05) is 58.4 Å². The van der Waals surface area contributed by atoms with E-state index in [1.807, 2.05) is 31.2 Å². The Morgan fingerprint density at radius 3 is 2.66 bits per heavy atom. The summed E-state index contributed by atoms with van der Waals surface area (Å²) in [5.74, 6) is 0.849. The molecule has 29 heavy (non-hydrogen) atoms. The van der Waals surface area contributed by atoms with Gasteiger partial charge in [0.1, 0.15) is 18.5 Å². The topological polar surface area (TPSA) is 39.1 Å². The van der Waals surface area contributed by atoms with Gasteiger partial charge in [0.05, 0.1) is 11.4 Å². The average molecular weight is 446 g/mol. The molecular weight excluding hydrogens is 426 g/mol. The number of benzene rings is 3. The number of aromatic nitrogens is 2. The second-order valence-corrected chi connectivity index (χ2v) is 8.11. The van der Waals surface area contributed by atoms with Gasteiger partial charge in [0.2, 0.25) is 0 Å². The van der Waals surface area contributed by atoms with Crippen molar-refractivity contribution in [2.45, 2.75) is 19.7 Å². The molecule has 0 saturated carbocycles. The van der Waals surface area contributed by atoms with E-state index in [9.17, 15) is 0 Å². The van der Waals surface area contributed by atoms with E-state index < -0.39 is 0 Å². The minimum atomic E-state index is -0.0484. The van der Waals surface area contributed by atoms with Crippen LogP contribution < -0.4 is 10.1 Å². The molecule has 4 nitrogen and oxygen atoms in total. The van der Waals surface area contributed by atoms with Crippen LogP contribution >= 0.6 is 15.9 Å². The van der Waals surface area contributed by atoms with Crippen molar-refractivity contribution in [1.82, 2.24) is 9.78 Å². The summed E-state index contributed by atoms with van der Waals surface area (Å²) in [4.78, 5) is 0. The normalized spacial score (nSPS) is 14.6. The van der Waals surface area contributed by atoms with Crippen molar-refractivity contribution >= 4 is 21.6 Å². The van der Waals surface area contributed by atoms with Crippen LogP contribution in [0.2, 0.25) is 0 Å². The highest BCUT2D eigenvalue weighted by Crippen LogP contribution is 2.38. The standard InChI is InChI=1S/C24H20BrN3O/c1-16-13-23-21-7-2-3-8-22(21)26-24(28(23)27-16)18-9-11-20(12-10-18)29-15-17-5-4-6-19(25)14-17/h2-14,24,26H,15H2,1H3. The first-order valence-corrected chi connectivity index (χ1v) is 10.4. The molecule has 0 fully saturated rings. The van der Waals surface area contributed by atoms with Crippen LogP contribution in [0, 0.1) is 6.92 Å². The third-order valence-corrected chi connectivity index (χ3v) is 5.58. The summed E-state index contributed by atoms with van der Waals surface area (Å²) < 4.78 is 9.08. The second kappa shape index (κ2) is 7.41. The Hall–Kier alpha value is -3.05. The summed E-state index contributed by atoms with van der Waals surface area (Å²) in [6.45, 7) is 2.57. The van der Waals surface area contributed by atoms with Crippen molar-refractivity contribution in [1.29, 1.82) is 0 Å². The molecule has 5 rings (SSSR count). The highest BCUT2D eigenvalue weighted by Gasteiger charge is 2.26. The first kappa shape index (κ1) is 18.0. The van der Waals surface area contributed by atoms with Gasteiger partial charge in [-0.05, 0) is 54.4 Å². The molecule has 1 aromatic heterocycles. The lowest BCUT2D eigenvalue weighted by Crippen LogP contribution is -2.25. The van der Waals surface area contributed by atoms with E-state index in [2.05, 4.69) is 80.5 Å². The first-order chi connectivity index (χ1) is 14.2. The fraction of sp³-hybridized carbons (Fsp3) is 0.125. The summed E-state index contributed by atoms with van der Waals surface area (Å²) in [5.41, 5.74) is 6.72. The van der Waals surface area contributed by atoms with Gasteiger partial charge in [0.25, 0.3) is 0 Å². The van der Waals surface area contributed by atoms with Gasteiger partial charge in [0, 0.05) is 15.7 Å². The van der Waals surface area contributed by atoms with Crippen molar-refractivity contribution in [3.63, 3.8) is 0 Å². The molecule has 0 aliphatic carbocycles. The van der Waals surface area contributed by atoms with Gasteiger partial charge >= 0.3 is 0 Å². The van der Waals surface area contributed by atoms with Crippen LogP contribution in [0.3, 0.4) is 0 Å². The quantitative estimate of drug-likeness (QED) is 0.407. The van der Waals surface area contributed by atoms with E-state index in [0.29, 0.717) is 6.61 Å². The largest absolute Gasteiger partial charge is 0.489 e. The van der Waals surface area contributed by atoms with Gasteiger partial charge in [-0.25, -0.2) is 4.68 Å². The summed E-state index contributed by atoms with van der Waals surface area (Å²) >= 11 is 3.50. The molecule has 1 N–H and O–H groups in total. The minimum absolute atomic E-state index is 0.0484. The predicted molar refractivity (Wildman–Crippen MR) is 119 cm³/mol. The van der Waals surface area contributed by atoms with E-state index in [4.69, 9.17) is 9.84 Å². The number of ether oxygens (including phenoxy) is 1. The number of nitrogens with zero attached hydrogens (tertiary/aromatic N) is 2. The van der Waals surface area contributed by atoms with Gasteiger partial charge < -0.3 is 10.1 Å². The van der Waals surface area contributed by atoms with Crippen molar-refractivity contribution < 1.29 is 4.74 Å². The SMILES string of the molecule is Cc1cc2n(n1)C(c1ccc(OCc3cccc(Br)c3)cc1)Nc1ccccc1-2. The molecular formula is C24H20BrN3O. The molecule has 4 aromatic rings. The fourth-order valence-electron chi connectivity index (χ4n) is 3.72. The van der Waals surface area contributed by atoms with Crippen molar-refractivity contribution in [3.05, 3.63) is 100 Å². The predicted octanol–water partition coefficient (Wildman–Crippen LogP) is 6.17. The molecule has 0 amide bonds. The second-order valence-electron chi connectivity index (χ2n) is 7.20. The number of para-hydroxylation sites is 1. The maximum absolute atomic E-state index is 5.96. The van der Waals surface area contributed by atoms with E-state index in [-0.39, 0.29) is 6.17 Å². The highest BCUT2D eigenvalue weighted by atomic mass is 79.9. The minimum Gasteiger partial charge on any atom is -0.489 e. The molecule has 144 valence electrons. The molecule has 1 aliphatic rings. The summed E-state index contributed by atoms with van der Waals surface area (Å²) in [6, 6.07) is 26.9. The van der Waals surface area contributed by atoms with Crippen LogP contribution in [-0.2, 0) is 6.61 Å². The lowest BCUT2D eigenvalue weighted by atomic mass is 10.0. The number of fused-ring (bicyclic) bond motifs is 3. The zero-order chi connectivity index (χ0) is 19.8. The number of nitrogens with one attached hydrogen (secondary N) is 1. The Kier molecular flexibility index (Phi) is 4.60. The third-order valence-electron chi connectivity index (χ3n) is 5.09. The summed E-state index contributed by atoms with van der Waals surface area (Å²) in [7, 11) is 0. The van der Waals surface area contributed by atoms with Crippen molar-refractivity contribution in [2.24, 2.45) is 0 Å². The Balaban J connectivity index is 1.39. The number of aryl methyl sites for hydroxylation is 1. The molecule has 1 unspecified atom stereocenters. The van der Waals surface area contributed by atoms with Gasteiger partial charge in [-0.15, -0.1) is 0 Å². The van der Waals surface area contributed by atoms with E-state index in [0.717, 1.165) is 38.4 Å². The van der Waals surface area contributed by atoms with E-state index in [1.54, 1.807) is 0 Å². The maximum Gasteiger partial charge on any atom is 0.147 e. The molecule has 0 saturated heterocycles. The van der Waals surface area contributed by atoms with Crippen molar-refractivity contribution in [2.75, 3.05) is 5.32 Å². The van der Waals surface area contributed by atoms with Crippen molar-refractivity contribution in [3.8, 4) is 17.0 Å². The Bertz CT molecular complexity index is 1170. The van der Waals surface area contributed by atoms with Gasteiger partial charge in [-0.2, -0.15) is 5.10 Å². The average Bonchev–Trinajstić information content (AvgIpc) is 3.14. The number of rotatable bonds is 4. The molecule has 0 spiro atoms. The smallest absolute Gasteiger partial charge is 0.147 e. The molecule has 1 atom stereocenters. The molecule has 3 aromatic carbocycles. The van der Waals surface area contributed by atoms with Crippen LogP contribution in [0.15, 0.2) is 83.3 Å². The summed E-state index contributed by atoms with van der Waals surface area (Å²) in [5, 5.41) is 8.35. The monoisotopic (exact) mass is 445 g/mol.